The van der Waals surface area contributed by atoms with Crippen molar-refractivity contribution in [2.75, 3.05) is 39.6 Å². The van der Waals surface area contributed by atoms with Gasteiger partial charge in [-0.2, -0.15) is 0 Å². The summed E-state index contributed by atoms with van der Waals surface area (Å²) in [6.45, 7) is 7.05. The molecule has 0 spiro atoms. The number of phosphoric ester groups is 2. The Morgan fingerprint density at radius 3 is 0.782 bits per heavy atom. The number of rotatable bonds is 68. The number of carbonyl (C=O) groups excluding carboxylic acids is 4. The molecule has 5 atom stereocenters. The van der Waals surface area contributed by atoms with Crippen LogP contribution in [0.15, 0.2) is 0 Å². The van der Waals surface area contributed by atoms with Crippen LogP contribution in [-0.2, 0) is 65.4 Å². The molecule has 0 fully saturated rings. The summed E-state index contributed by atoms with van der Waals surface area (Å²) in [6, 6.07) is 0. The van der Waals surface area contributed by atoms with Gasteiger partial charge in [0, 0.05) is 25.7 Å². The fraction of sp³-hybridized carbons (Fsp3) is 0.941. The first-order valence-corrected chi connectivity index (χ1v) is 38.6. The van der Waals surface area contributed by atoms with Crippen molar-refractivity contribution in [1.82, 2.24) is 0 Å². The first-order chi connectivity index (χ1) is 42.0. The quantitative estimate of drug-likeness (QED) is 0.0222. The van der Waals surface area contributed by atoms with E-state index < -0.39 is 97.5 Å². The highest BCUT2D eigenvalue weighted by molar-refractivity contribution is 7.47. The maximum atomic E-state index is 13.0. The van der Waals surface area contributed by atoms with E-state index in [1.54, 1.807) is 0 Å². The van der Waals surface area contributed by atoms with Crippen LogP contribution in [0, 0.1) is 5.92 Å². The largest absolute Gasteiger partial charge is 0.472 e. The summed E-state index contributed by atoms with van der Waals surface area (Å²) in [4.78, 5) is 72.1. The lowest BCUT2D eigenvalue weighted by atomic mass is 10.0. The average molecular weight is 1280 g/mol. The third kappa shape index (κ3) is 62.6. The number of phosphoric acid groups is 2. The van der Waals surface area contributed by atoms with Crippen LogP contribution in [0.4, 0.5) is 0 Å². The van der Waals surface area contributed by atoms with Crippen molar-refractivity contribution in [1.29, 1.82) is 0 Å². The molecule has 0 heterocycles. The number of aliphatic hydroxyl groups is 1. The summed E-state index contributed by atoms with van der Waals surface area (Å²) >= 11 is 0. The van der Waals surface area contributed by atoms with E-state index in [9.17, 15) is 43.2 Å². The summed E-state index contributed by atoms with van der Waals surface area (Å²) in [5.74, 6) is -1.47. The maximum absolute atomic E-state index is 13.0. The highest BCUT2D eigenvalue weighted by Crippen LogP contribution is 2.45. The van der Waals surface area contributed by atoms with Crippen LogP contribution in [-0.4, -0.2) is 96.7 Å². The molecule has 0 aliphatic rings. The fourth-order valence-electron chi connectivity index (χ4n) is 10.3. The van der Waals surface area contributed by atoms with Crippen molar-refractivity contribution >= 4 is 39.5 Å². The highest BCUT2D eigenvalue weighted by Gasteiger charge is 2.30. The van der Waals surface area contributed by atoms with E-state index >= 15 is 0 Å². The van der Waals surface area contributed by atoms with Crippen LogP contribution >= 0.6 is 15.6 Å². The summed E-state index contributed by atoms with van der Waals surface area (Å²) in [6.07, 6.45) is 47.8. The molecule has 0 aromatic carbocycles. The number of esters is 4. The van der Waals surface area contributed by atoms with Crippen LogP contribution in [0.2, 0.25) is 0 Å². The summed E-state index contributed by atoms with van der Waals surface area (Å²) in [5.41, 5.74) is 0. The van der Waals surface area contributed by atoms with Gasteiger partial charge in [-0.05, 0) is 31.6 Å². The molecular formula is C68H132O17P2. The van der Waals surface area contributed by atoms with E-state index in [1.807, 2.05) is 0 Å². The van der Waals surface area contributed by atoms with Crippen LogP contribution in [0.1, 0.15) is 349 Å². The van der Waals surface area contributed by atoms with Crippen molar-refractivity contribution < 1.29 is 80.2 Å². The lowest BCUT2D eigenvalue weighted by molar-refractivity contribution is -0.161. The number of carbonyl (C=O) groups is 4. The number of ether oxygens (including phenoxy) is 4. The summed E-state index contributed by atoms with van der Waals surface area (Å²) in [5, 5.41) is 10.5. The molecule has 0 saturated carbocycles. The molecular weight excluding hydrogens is 1150 g/mol. The first-order valence-electron chi connectivity index (χ1n) is 35.6. The highest BCUT2D eigenvalue weighted by atomic mass is 31.2. The van der Waals surface area contributed by atoms with Gasteiger partial charge in [0.25, 0.3) is 0 Å². The Hall–Kier alpha value is -1.94. The minimum absolute atomic E-state index is 0.101. The van der Waals surface area contributed by atoms with E-state index in [2.05, 4.69) is 34.6 Å². The molecule has 0 aromatic rings. The Bertz CT molecular complexity index is 1690. The Kier molecular flexibility index (Phi) is 60.2. The molecule has 0 amide bonds. The van der Waals surface area contributed by atoms with Crippen LogP contribution < -0.4 is 0 Å². The maximum Gasteiger partial charge on any atom is 0.472 e. The van der Waals surface area contributed by atoms with Gasteiger partial charge in [-0.3, -0.25) is 37.3 Å². The van der Waals surface area contributed by atoms with Gasteiger partial charge in [-0.15, -0.1) is 0 Å². The van der Waals surface area contributed by atoms with Gasteiger partial charge < -0.3 is 33.8 Å². The van der Waals surface area contributed by atoms with Crippen molar-refractivity contribution in [3.63, 3.8) is 0 Å². The molecule has 516 valence electrons. The monoisotopic (exact) mass is 1280 g/mol. The summed E-state index contributed by atoms with van der Waals surface area (Å²) < 4.78 is 67.9. The second kappa shape index (κ2) is 61.6. The zero-order valence-electron chi connectivity index (χ0n) is 56.2. The first kappa shape index (κ1) is 85.1. The van der Waals surface area contributed by atoms with Gasteiger partial charge >= 0.3 is 39.5 Å². The van der Waals surface area contributed by atoms with E-state index in [0.717, 1.165) is 96.3 Å². The lowest BCUT2D eigenvalue weighted by Crippen LogP contribution is -2.30. The number of unbranched alkanes of at least 4 members (excludes halogenated alkanes) is 40. The van der Waals surface area contributed by atoms with E-state index in [1.165, 1.54) is 167 Å². The van der Waals surface area contributed by atoms with E-state index in [4.69, 9.17) is 37.0 Å². The van der Waals surface area contributed by atoms with Crippen molar-refractivity contribution in [2.45, 2.75) is 368 Å². The third-order valence-electron chi connectivity index (χ3n) is 15.8. The molecule has 19 heteroatoms. The summed E-state index contributed by atoms with van der Waals surface area (Å²) in [7, 11) is -9.88. The van der Waals surface area contributed by atoms with Crippen molar-refractivity contribution in [3.05, 3.63) is 0 Å². The lowest BCUT2D eigenvalue weighted by Gasteiger charge is -2.21. The SMILES string of the molecule is CCCCCCCCCCCCCCCCCCCCC(=O)O[C@H](COC(=O)CCCCCCCCCCCCCCCCC)COP(=O)(O)OC[C@@H](O)COP(=O)(O)OC[C@@H](COC(=O)CCCCCCC)OC(=O)CCCCCCCCC(C)C. The molecule has 0 aromatic heterocycles. The molecule has 3 N–H and O–H groups in total. The second-order valence-electron chi connectivity index (χ2n) is 25.0. The standard InChI is InChI=1S/C68H132O17P2/c1-6-9-12-15-17-19-21-23-25-26-27-29-31-33-35-37-43-48-53-67(72)84-64(58-79-66(71)52-47-42-36-34-32-30-28-24-22-20-18-16-13-10-7-2)60-83-87(76,77)81-56-62(69)55-80-86(74,75)82-59-63(57-78-65(70)51-46-40-14-11-8-3)85-68(73)54-49-44-39-38-41-45-50-61(4)5/h61-64,69H,6-60H2,1-5H3,(H,74,75)(H,76,77)/t62-,63+,64+/m0/s1. The molecule has 0 aliphatic heterocycles. The Balaban J connectivity index is 5.14. The zero-order valence-corrected chi connectivity index (χ0v) is 57.9. The number of hydrogen-bond donors (Lipinski definition) is 3. The molecule has 0 aliphatic carbocycles. The topological polar surface area (TPSA) is 237 Å². The Morgan fingerprint density at radius 2 is 0.529 bits per heavy atom. The van der Waals surface area contributed by atoms with Crippen molar-refractivity contribution in [3.8, 4) is 0 Å². The van der Waals surface area contributed by atoms with Crippen molar-refractivity contribution in [2.24, 2.45) is 5.92 Å². The smallest absolute Gasteiger partial charge is 0.462 e. The van der Waals surface area contributed by atoms with Crippen LogP contribution in [0.5, 0.6) is 0 Å². The molecule has 17 nitrogen and oxygen atoms in total. The predicted molar refractivity (Wildman–Crippen MR) is 349 cm³/mol. The average Bonchev–Trinajstić information content (AvgIpc) is 3.70. The fourth-order valence-corrected chi connectivity index (χ4v) is 11.9. The molecule has 87 heavy (non-hydrogen) atoms. The Labute approximate surface area is 530 Å². The van der Waals surface area contributed by atoms with Gasteiger partial charge in [-0.1, -0.05) is 298 Å². The van der Waals surface area contributed by atoms with Gasteiger partial charge in [0.1, 0.15) is 19.3 Å². The Morgan fingerprint density at radius 1 is 0.310 bits per heavy atom. The molecule has 0 saturated heterocycles. The van der Waals surface area contributed by atoms with E-state index in [0.29, 0.717) is 31.6 Å². The van der Waals surface area contributed by atoms with Gasteiger partial charge in [-0.25, -0.2) is 9.13 Å². The van der Waals surface area contributed by atoms with E-state index in [-0.39, 0.29) is 25.7 Å². The minimum atomic E-state index is -4.95. The molecule has 2 unspecified atom stereocenters. The second-order valence-corrected chi connectivity index (χ2v) is 27.9. The van der Waals surface area contributed by atoms with Gasteiger partial charge in [0.15, 0.2) is 12.2 Å². The van der Waals surface area contributed by atoms with Crippen LogP contribution in [0.25, 0.3) is 0 Å². The van der Waals surface area contributed by atoms with Gasteiger partial charge in [0.2, 0.25) is 0 Å². The van der Waals surface area contributed by atoms with Gasteiger partial charge in [0.05, 0.1) is 26.4 Å². The number of aliphatic hydroxyl groups excluding tert-OH is 1. The third-order valence-corrected chi connectivity index (χ3v) is 17.7. The van der Waals surface area contributed by atoms with Crippen LogP contribution in [0.3, 0.4) is 0 Å². The molecule has 0 bridgehead atoms. The zero-order chi connectivity index (χ0) is 64.2. The minimum Gasteiger partial charge on any atom is -0.462 e. The normalized spacial score (nSPS) is 14.1. The number of hydrogen-bond acceptors (Lipinski definition) is 15. The molecule has 0 rings (SSSR count). The predicted octanol–water partition coefficient (Wildman–Crippen LogP) is 19.4. The molecule has 0 radical (unpaired) electrons.